The van der Waals surface area contributed by atoms with Crippen molar-refractivity contribution >= 4 is 5.91 Å². The highest BCUT2D eigenvalue weighted by atomic mass is 16.5. The molecular formula is C27H42N2O3. The van der Waals surface area contributed by atoms with Crippen molar-refractivity contribution in [2.24, 2.45) is 11.3 Å². The standard InChI is InChI=1S/C27H42N2O3/c30-22-27-13-5-6-16-29(26(31)12-11-23-7-1-2-8-23)19-20-32-25-10-4-3-9-24(25)21-28(17-14-27)18-15-27/h3-4,9-10,23,30H,1-2,5-8,11-22H2. The number of fused-ring (bicyclic) bond motifs is 9. The number of carbonyl (C=O) groups excluding carboxylic acids is 1. The second kappa shape index (κ2) is 11.5. The van der Waals surface area contributed by atoms with E-state index >= 15 is 0 Å². The molecule has 2 bridgehead atoms. The molecule has 5 nitrogen and oxygen atoms in total. The van der Waals surface area contributed by atoms with Gasteiger partial charge in [0, 0.05) is 31.7 Å². The first-order chi connectivity index (χ1) is 15.7. The summed E-state index contributed by atoms with van der Waals surface area (Å²) >= 11 is 0. The number of aliphatic hydroxyl groups excluding tert-OH is 1. The van der Waals surface area contributed by atoms with Crippen molar-refractivity contribution in [3.05, 3.63) is 29.8 Å². The topological polar surface area (TPSA) is 53.0 Å². The van der Waals surface area contributed by atoms with Crippen LogP contribution in [0, 0.1) is 11.3 Å². The van der Waals surface area contributed by atoms with E-state index in [1.165, 1.54) is 31.2 Å². The van der Waals surface area contributed by atoms with E-state index in [-0.39, 0.29) is 12.0 Å². The van der Waals surface area contributed by atoms with E-state index < -0.39 is 0 Å². The molecule has 1 aromatic carbocycles. The lowest BCUT2D eigenvalue weighted by atomic mass is 9.75. The fraction of sp³-hybridized carbons (Fsp3) is 0.741. The Morgan fingerprint density at radius 1 is 1.00 bits per heavy atom. The summed E-state index contributed by atoms with van der Waals surface area (Å²) in [4.78, 5) is 17.6. The smallest absolute Gasteiger partial charge is 0.222 e. The number of aliphatic hydroxyl groups is 1. The van der Waals surface area contributed by atoms with Gasteiger partial charge < -0.3 is 14.7 Å². The van der Waals surface area contributed by atoms with Gasteiger partial charge in [0.05, 0.1) is 6.54 Å². The number of hydrogen-bond acceptors (Lipinski definition) is 4. The highest BCUT2D eigenvalue weighted by Crippen LogP contribution is 2.37. The minimum absolute atomic E-state index is 0.0595. The molecule has 1 saturated carbocycles. The molecule has 3 aliphatic heterocycles. The predicted octanol–water partition coefficient (Wildman–Crippen LogP) is 4.62. The first kappa shape index (κ1) is 23.6. The van der Waals surface area contributed by atoms with E-state index in [2.05, 4.69) is 23.1 Å². The molecule has 3 heterocycles. The summed E-state index contributed by atoms with van der Waals surface area (Å²) in [6.45, 7) is 5.25. The lowest BCUT2D eigenvalue weighted by Gasteiger charge is -2.41. The maximum Gasteiger partial charge on any atom is 0.222 e. The SMILES string of the molecule is O=C(CCC1CCCC1)N1CCCCC2(CO)CCN(CC2)Cc2ccccc2OCC1. The first-order valence-electron chi connectivity index (χ1n) is 13.0. The summed E-state index contributed by atoms with van der Waals surface area (Å²) in [5, 5.41) is 10.2. The number of benzene rings is 1. The zero-order valence-electron chi connectivity index (χ0n) is 19.8. The number of nitrogens with zero attached hydrogens (tertiary/aromatic N) is 2. The molecule has 0 atom stereocenters. The molecule has 0 aromatic heterocycles. The van der Waals surface area contributed by atoms with Crippen LogP contribution in [0.5, 0.6) is 5.75 Å². The molecule has 2 fully saturated rings. The summed E-state index contributed by atoms with van der Waals surface area (Å²) in [5.74, 6) is 1.99. The van der Waals surface area contributed by atoms with Crippen molar-refractivity contribution in [2.45, 2.75) is 77.2 Å². The first-order valence-corrected chi connectivity index (χ1v) is 13.0. The third-order valence-electron chi connectivity index (χ3n) is 8.22. The highest BCUT2D eigenvalue weighted by Gasteiger charge is 2.34. The Kier molecular flexibility index (Phi) is 8.48. The lowest BCUT2D eigenvalue weighted by Crippen LogP contribution is -2.41. The van der Waals surface area contributed by atoms with E-state index in [9.17, 15) is 9.90 Å². The van der Waals surface area contributed by atoms with Gasteiger partial charge in [-0.15, -0.1) is 0 Å². The maximum absolute atomic E-state index is 13.1. The van der Waals surface area contributed by atoms with Gasteiger partial charge in [-0.25, -0.2) is 0 Å². The largest absolute Gasteiger partial charge is 0.491 e. The average Bonchev–Trinajstić information content (AvgIpc) is 3.34. The van der Waals surface area contributed by atoms with Gasteiger partial charge in [0.25, 0.3) is 0 Å². The quantitative estimate of drug-likeness (QED) is 0.739. The van der Waals surface area contributed by atoms with Gasteiger partial charge in [-0.1, -0.05) is 50.3 Å². The van der Waals surface area contributed by atoms with Crippen molar-refractivity contribution in [1.29, 1.82) is 0 Å². The molecule has 32 heavy (non-hydrogen) atoms. The summed E-state index contributed by atoms with van der Waals surface area (Å²) in [7, 11) is 0. The summed E-state index contributed by atoms with van der Waals surface area (Å²) in [6.07, 6.45) is 12.2. The van der Waals surface area contributed by atoms with E-state index in [1.54, 1.807) is 0 Å². The molecule has 1 amide bonds. The fourth-order valence-corrected chi connectivity index (χ4v) is 5.90. The number of carbonyl (C=O) groups is 1. The fourth-order valence-electron chi connectivity index (χ4n) is 5.90. The van der Waals surface area contributed by atoms with Crippen LogP contribution in [0.3, 0.4) is 0 Å². The van der Waals surface area contributed by atoms with E-state index in [1.807, 2.05) is 11.0 Å². The van der Waals surface area contributed by atoms with Crippen LogP contribution in [0.2, 0.25) is 0 Å². The lowest BCUT2D eigenvalue weighted by molar-refractivity contribution is -0.132. The van der Waals surface area contributed by atoms with Gasteiger partial charge in [-0.2, -0.15) is 0 Å². The Bertz CT molecular complexity index is 723. The van der Waals surface area contributed by atoms with Crippen LogP contribution in [0.4, 0.5) is 0 Å². The number of para-hydroxylation sites is 1. The normalized spacial score (nSPS) is 27.9. The average molecular weight is 443 g/mol. The summed E-state index contributed by atoms with van der Waals surface area (Å²) < 4.78 is 6.21. The van der Waals surface area contributed by atoms with E-state index in [4.69, 9.17) is 4.74 Å². The van der Waals surface area contributed by atoms with Crippen LogP contribution < -0.4 is 4.74 Å². The monoisotopic (exact) mass is 442 g/mol. The molecule has 5 rings (SSSR count). The van der Waals surface area contributed by atoms with Crippen molar-refractivity contribution in [2.75, 3.05) is 39.4 Å². The molecule has 1 N–H and O–H groups in total. The van der Waals surface area contributed by atoms with Gasteiger partial charge in [-0.05, 0) is 62.6 Å². The number of ether oxygens (including phenoxy) is 1. The summed E-state index contributed by atoms with van der Waals surface area (Å²) in [5.41, 5.74) is 1.28. The Hall–Kier alpha value is -1.59. The molecule has 1 aliphatic carbocycles. The predicted molar refractivity (Wildman–Crippen MR) is 128 cm³/mol. The minimum atomic E-state index is 0.0595. The Labute approximate surface area is 194 Å². The molecule has 1 aromatic rings. The van der Waals surface area contributed by atoms with E-state index in [0.29, 0.717) is 25.5 Å². The molecule has 178 valence electrons. The molecular weight excluding hydrogens is 400 g/mol. The van der Waals surface area contributed by atoms with Crippen molar-refractivity contribution in [3.8, 4) is 5.75 Å². The second-order valence-corrected chi connectivity index (χ2v) is 10.4. The number of piperidine rings is 1. The van der Waals surface area contributed by atoms with Crippen LogP contribution in [-0.2, 0) is 11.3 Å². The maximum atomic E-state index is 13.1. The number of rotatable bonds is 4. The zero-order chi connectivity index (χ0) is 22.2. The number of hydrogen-bond donors (Lipinski definition) is 1. The summed E-state index contributed by atoms with van der Waals surface area (Å²) in [6, 6.07) is 8.33. The Morgan fingerprint density at radius 3 is 2.56 bits per heavy atom. The molecule has 4 aliphatic rings. The van der Waals surface area contributed by atoms with Gasteiger partial charge >= 0.3 is 0 Å². The third-order valence-corrected chi connectivity index (χ3v) is 8.22. The van der Waals surface area contributed by atoms with Gasteiger partial charge in [0.15, 0.2) is 0 Å². The van der Waals surface area contributed by atoms with Crippen LogP contribution in [0.25, 0.3) is 0 Å². The third kappa shape index (κ3) is 6.26. The van der Waals surface area contributed by atoms with Gasteiger partial charge in [-0.3, -0.25) is 9.69 Å². The Morgan fingerprint density at radius 2 is 1.78 bits per heavy atom. The molecule has 0 radical (unpaired) electrons. The van der Waals surface area contributed by atoms with Crippen LogP contribution in [0.15, 0.2) is 24.3 Å². The molecule has 0 unspecified atom stereocenters. The van der Waals surface area contributed by atoms with Gasteiger partial charge in [0.2, 0.25) is 5.91 Å². The van der Waals surface area contributed by atoms with Crippen molar-refractivity contribution < 1.29 is 14.6 Å². The number of amides is 1. The molecule has 1 saturated heterocycles. The Balaban J connectivity index is 1.42. The minimum Gasteiger partial charge on any atom is -0.491 e. The van der Waals surface area contributed by atoms with Crippen LogP contribution >= 0.6 is 0 Å². The second-order valence-electron chi connectivity index (χ2n) is 10.4. The van der Waals surface area contributed by atoms with Crippen LogP contribution in [0.1, 0.15) is 76.2 Å². The molecule has 0 spiro atoms. The zero-order valence-corrected chi connectivity index (χ0v) is 19.8. The van der Waals surface area contributed by atoms with Crippen LogP contribution in [-0.4, -0.2) is 60.2 Å². The van der Waals surface area contributed by atoms with Gasteiger partial charge in [0.1, 0.15) is 12.4 Å². The van der Waals surface area contributed by atoms with Crippen molar-refractivity contribution in [1.82, 2.24) is 9.80 Å². The van der Waals surface area contributed by atoms with E-state index in [0.717, 1.165) is 76.4 Å². The van der Waals surface area contributed by atoms with Crippen molar-refractivity contribution in [3.63, 3.8) is 0 Å². The highest BCUT2D eigenvalue weighted by molar-refractivity contribution is 5.76. The molecule has 5 heteroatoms.